The summed E-state index contributed by atoms with van der Waals surface area (Å²) in [5.41, 5.74) is 1.73. The van der Waals surface area contributed by atoms with Crippen molar-refractivity contribution in [3.63, 3.8) is 0 Å². The molecule has 4 aromatic rings. The first kappa shape index (κ1) is 14.1. The van der Waals surface area contributed by atoms with E-state index in [-0.39, 0.29) is 0 Å². The lowest BCUT2D eigenvalue weighted by molar-refractivity contribution is 0.400. The van der Waals surface area contributed by atoms with Crippen molar-refractivity contribution in [3.05, 3.63) is 42.5 Å². The van der Waals surface area contributed by atoms with Crippen LogP contribution in [-0.2, 0) is 0 Å². The van der Waals surface area contributed by atoms with Crippen LogP contribution in [0.25, 0.3) is 16.0 Å². The molecule has 0 amide bonds. The van der Waals surface area contributed by atoms with E-state index >= 15 is 0 Å². The number of thiazole rings is 1. The van der Waals surface area contributed by atoms with Gasteiger partial charge in [0.15, 0.2) is 4.34 Å². The molecule has 0 saturated heterocycles. The molecule has 3 aromatic heterocycles. The number of nitrogens with zero attached hydrogens (tertiary/aromatic N) is 6. The molecule has 7 nitrogen and oxygen atoms in total. The zero-order valence-electron chi connectivity index (χ0n) is 11.9. The Balaban J connectivity index is 1.68. The number of hydrogen-bond acceptors (Lipinski definition) is 8. The first-order chi connectivity index (χ1) is 11.3. The maximum Gasteiger partial charge on any atom is 0.221 e. The van der Waals surface area contributed by atoms with Crippen LogP contribution in [0.15, 0.2) is 52.0 Å². The number of rotatable bonds is 4. The summed E-state index contributed by atoms with van der Waals surface area (Å²) in [5, 5.41) is 12.5. The zero-order valence-corrected chi connectivity index (χ0v) is 13.6. The summed E-state index contributed by atoms with van der Waals surface area (Å²) >= 11 is 2.89. The Morgan fingerprint density at radius 3 is 2.78 bits per heavy atom. The molecular formula is C14H10N6OS2. The first-order valence-electron chi connectivity index (χ1n) is 6.67. The lowest BCUT2D eigenvalue weighted by Crippen LogP contribution is -1.98. The van der Waals surface area contributed by atoms with Crippen molar-refractivity contribution in [1.29, 1.82) is 0 Å². The van der Waals surface area contributed by atoms with Crippen LogP contribution >= 0.6 is 23.1 Å². The largest absolute Gasteiger partial charge is 0.481 e. The average molecular weight is 342 g/mol. The van der Waals surface area contributed by atoms with Crippen molar-refractivity contribution in [1.82, 2.24) is 30.2 Å². The van der Waals surface area contributed by atoms with Crippen LogP contribution in [0.2, 0.25) is 0 Å². The van der Waals surface area contributed by atoms with Crippen molar-refractivity contribution in [2.45, 2.75) is 9.50 Å². The van der Waals surface area contributed by atoms with E-state index in [1.807, 2.05) is 36.4 Å². The Morgan fingerprint density at radius 2 is 1.96 bits per heavy atom. The normalized spacial score (nSPS) is 11.0. The predicted octanol–water partition coefficient (Wildman–Crippen LogP) is 2.83. The standard InChI is InChI=1S/C14H10N6OS2/c1-21-11-8-7-10-12(16-11)22-14(15-10)23-13-17-18-19-20(13)9-5-3-2-4-6-9/h2-8H,1H3. The highest BCUT2D eigenvalue weighted by molar-refractivity contribution is 8.01. The molecule has 114 valence electrons. The number of fused-ring (bicyclic) bond motifs is 1. The number of benzene rings is 1. The third-order valence-corrected chi connectivity index (χ3v) is 5.00. The molecule has 0 spiro atoms. The van der Waals surface area contributed by atoms with Crippen molar-refractivity contribution in [2.24, 2.45) is 0 Å². The van der Waals surface area contributed by atoms with Crippen LogP contribution in [0.3, 0.4) is 0 Å². The fourth-order valence-corrected chi connectivity index (χ4v) is 3.89. The van der Waals surface area contributed by atoms with Gasteiger partial charge >= 0.3 is 0 Å². The van der Waals surface area contributed by atoms with Gasteiger partial charge < -0.3 is 4.74 Å². The first-order valence-corrected chi connectivity index (χ1v) is 8.30. The molecule has 4 rings (SSSR count). The monoisotopic (exact) mass is 342 g/mol. The highest BCUT2D eigenvalue weighted by atomic mass is 32.2. The second-order valence-corrected chi connectivity index (χ2v) is 6.66. The highest BCUT2D eigenvalue weighted by Crippen LogP contribution is 2.33. The Hall–Kier alpha value is -2.52. The number of tetrazole rings is 1. The lowest BCUT2D eigenvalue weighted by Gasteiger charge is -2.01. The van der Waals surface area contributed by atoms with Gasteiger partial charge in [-0.05, 0) is 40.4 Å². The molecule has 0 saturated carbocycles. The molecule has 0 radical (unpaired) electrons. The van der Waals surface area contributed by atoms with Gasteiger partial charge in [0.1, 0.15) is 10.3 Å². The number of methoxy groups -OCH3 is 1. The van der Waals surface area contributed by atoms with Crippen molar-refractivity contribution in [3.8, 4) is 11.6 Å². The van der Waals surface area contributed by atoms with Crippen LogP contribution < -0.4 is 4.74 Å². The van der Waals surface area contributed by atoms with E-state index in [2.05, 4.69) is 25.5 Å². The Labute approximate surface area is 139 Å². The van der Waals surface area contributed by atoms with E-state index < -0.39 is 0 Å². The third-order valence-electron chi connectivity index (χ3n) is 3.04. The summed E-state index contributed by atoms with van der Waals surface area (Å²) in [6.07, 6.45) is 0. The van der Waals surface area contributed by atoms with Gasteiger partial charge in [0.05, 0.1) is 12.8 Å². The van der Waals surface area contributed by atoms with E-state index in [1.54, 1.807) is 17.9 Å². The molecule has 0 N–H and O–H groups in total. The fraction of sp³-hybridized carbons (Fsp3) is 0.0714. The summed E-state index contributed by atoms with van der Waals surface area (Å²) < 4.78 is 7.65. The lowest BCUT2D eigenvalue weighted by atomic mass is 10.3. The SMILES string of the molecule is COc1ccc2nc(Sc3nnnn3-c3ccccc3)sc2n1. The van der Waals surface area contributed by atoms with Gasteiger partial charge in [0, 0.05) is 6.07 Å². The van der Waals surface area contributed by atoms with Gasteiger partial charge in [-0.3, -0.25) is 0 Å². The Morgan fingerprint density at radius 1 is 1.09 bits per heavy atom. The van der Waals surface area contributed by atoms with Gasteiger partial charge in [-0.25, -0.2) is 9.97 Å². The van der Waals surface area contributed by atoms with Crippen LogP contribution in [0.1, 0.15) is 0 Å². The smallest absolute Gasteiger partial charge is 0.221 e. The summed E-state index contributed by atoms with van der Waals surface area (Å²) in [6, 6.07) is 13.4. The van der Waals surface area contributed by atoms with E-state index in [0.29, 0.717) is 11.0 Å². The van der Waals surface area contributed by atoms with E-state index in [1.165, 1.54) is 23.1 Å². The maximum atomic E-state index is 5.14. The number of ether oxygens (including phenoxy) is 1. The molecule has 0 aliphatic carbocycles. The number of hydrogen-bond donors (Lipinski definition) is 0. The summed E-state index contributed by atoms with van der Waals surface area (Å²) in [7, 11) is 1.60. The third kappa shape index (κ3) is 2.76. The van der Waals surface area contributed by atoms with Gasteiger partial charge in [0.2, 0.25) is 11.0 Å². The van der Waals surface area contributed by atoms with Gasteiger partial charge in [-0.1, -0.05) is 29.5 Å². The zero-order chi connectivity index (χ0) is 15.6. The number of pyridine rings is 1. The average Bonchev–Trinajstić information content (AvgIpc) is 3.21. The van der Waals surface area contributed by atoms with Crippen LogP contribution in [0.4, 0.5) is 0 Å². The minimum atomic E-state index is 0.576. The molecule has 0 bridgehead atoms. The minimum Gasteiger partial charge on any atom is -0.481 e. The van der Waals surface area contributed by atoms with Gasteiger partial charge in [0.25, 0.3) is 0 Å². The minimum absolute atomic E-state index is 0.576. The molecule has 3 heterocycles. The van der Waals surface area contributed by atoms with Crippen molar-refractivity contribution in [2.75, 3.05) is 7.11 Å². The molecule has 1 aromatic carbocycles. The van der Waals surface area contributed by atoms with Crippen molar-refractivity contribution >= 4 is 33.4 Å². The maximum absolute atomic E-state index is 5.14. The Kier molecular flexibility index (Phi) is 3.64. The molecule has 0 aliphatic rings. The quantitative estimate of drug-likeness (QED) is 0.564. The van der Waals surface area contributed by atoms with Crippen LogP contribution in [0, 0.1) is 0 Å². The molecule has 0 atom stereocenters. The molecule has 0 unspecified atom stereocenters. The van der Waals surface area contributed by atoms with Crippen LogP contribution in [0.5, 0.6) is 5.88 Å². The summed E-state index contributed by atoms with van der Waals surface area (Å²) in [6.45, 7) is 0. The van der Waals surface area contributed by atoms with Crippen LogP contribution in [-0.4, -0.2) is 37.3 Å². The Bertz CT molecular complexity index is 952. The van der Waals surface area contributed by atoms with Crippen molar-refractivity contribution < 1.29 is 4.74 Å². The summed E-state index contributed by atoms with van der Waals surface area (Å²) in [5.74, 6) is 0.576. The van der Waals surface area contributed by atoms with Gasteiger partial charge in [-0.15, -0.1) is 5.10 Å². The predicted molar refractivity (Wildman–Crippen MR) is 87.2 cm³/mol. The second-order valence-electron chi connectivity index (χ2n) is 4.47. The molecule has 0 fully saturated rings. The molecule has 0 aliphatic heterocycles. The topological polar surface area (TPSA) is 78.6 Å². The molecular weight excluding hydrogens is 332 g/mol. The van der Waals surface area contributed by atoms with E-state index in [9.17, 15) is 0 Å². The summed E-state index contributed by atoms with van der Waals surface area (Å²) in [4.78, 5) is 9.76. The van der Waals surface area contributed by atoms with Gasteiger partial charge in [-0.2, -0.15) is 4.68 Å². The van der Waals surface area contributed by atoms with E-state index in [4.69, 9.17) is 4.74 Å². The number of para-hydroxylation sites is 1. The highest BCUT2D eigenvalue weighted by Gasteiger charge is 2.14. The van der Waals surface area contributed by atoms with E-state index in [0.717, 1.165) is 20.4 Å². The number of aromatic nitrogens is 6. The molecule has 23 heavy (non-hydrogen) atoms. The molecule has 9 heteroatoms. The second kappa shape index (κ2) is 5.94. The fourth-order valence-electron chi connectivity index (χ4n) is 1.99.